The van der Waals surface area contributed by atoms with Gasteiger partial charge in [0.25, 0.3) is 0 Å². The molecule has 3 aliphatic rings. The highest BCUT2D eigenvalue weighted by Gasteiger charge is 2.53. The first-order chi connectivity index (χ1) is 25.2. The zero-order valence-electron chi connectivity index (χ0n) is 28.5. The number of allylic oxidation sites excluding steroid dienone is 4. The number of aromatic nitrogens is 2. The first-order valence-electron chi connectivity index (χ1n) is 18.0. The van der Waals surface area contributed by atoms with E-state index in [1.165, 1.54) is 45.4 Å². The zero-order valence-corrected chi connectivity index (χ0v) is 28.5. The molecule has 0 saturated heterocycles. The fourth-order valence-electron chi connectivity index (χ4n) is 8.73. The monoisotopic (exact) mass is 652 g/mol. The van der Waals surface area contributed by atoms with Crippen molar-refractivity contribution in [3.63, 3.8) is 0 Å². The maximum Gasteiger partial charge on any atom is 0.160 e. The third kappa shape index (κ3) is 4.71. The van der Waals surface area contributed by atoms with Crippen molar-refractivity contribution in [3.8, 4) is 45.0 Å². The minimum Gasteiger partial charge on any atom is -0.228 e. The van der Waals surface area contributed by atoms with Gasteiger partial charge in [-0.2, -0.15) is 0 Å². The fraction of sp³-hybridized carbons (Fsp3) is 0.102. The summed E-state index contributed by atoms with van der Waals surface area (Å²) in [6.07, 6.45) is 6.17. The van der Waals surface area contributed by atoms with Crippen molar-refractivity contribution < 1.29 is 0 Å². The fourth-order valence-corrected chi connectivity index (χ4v) is 8.73. The summed E-state index contributed by atoms with van der Waals surface area (Å²) < 4.78 is 0. The highest BCUT2D eigenvalue weighted by atomic mass is 14.9. The summed E-state index contributed by atoms with van der Waals surface area (Å²) in [5.74, 6) is 2.02. The summed E-state index contributed by atoms with van der Waals surface area (Å²) >= 11 is 0. The summed E-state index contributed by atoms with van der Waals surface area (Å²) in [5, 5.41) is 0. The van der Waals surface area contributed by atoms with Gasteiger partial charge in [-0.1, -0.05) is 170 Å². The van der Waals surface area contributed by atoms with E-state index < -0.39 is 0 Å². The first kappa shape index (κ1) is 29.8. The Morgan fingerprint density at radius 3 is 1.65 bits per heavy atom. The molecule has 0 radical (unpaired) electrons. The lowest BCUT2D eigenvalue weighted by Gasteiger charge is -2.35. The molecule has 2 atom stereocenters. The summed E-state index contributed by atoms with van der Waals surface area (Å²) in [4.78, 5) is 10.2. The van der Waals surface area contributed by atoms with Gasteiger partial charge in [0, 0.05) is 22.3 Å². The van der Waals surface area contributed by atoms with Gasteiger partial charge in [0.2, 0.25) is 0 Å². The lowest BCUT2D eigenvalue weighted by molar-refractivity contribution is 0.755. The maximum atomic E-state index is 5.16. The van der Waals surface area contributed by atoms with Crippen LogP contribution in [0.25, 0.3) is 50.6 Å². The smallest absolute Gasteiger partial charge is 0.160 e. The van der Waals surface area contributed by atoms with Crippen molar-refractivity contribution in [2.24, 2.45) is 11.8 Å². The van der Waals surface area contributed by atoms with E-state index in [0.29, 0.717) is 11.8 Å². The summed E-state index contributed by atoms with van der Waals surface area (Å²) in [6.45, 7) is 2.14. The first-order valence-corrected chi connectivity index (χ1v) is 18.0. The Morgan fingerprint density at radius 1 is 0.529 bits per heavy atom. The van der Waals surface area contributed by atoms with E-state index in [0.717, 1.165) is 39.5 Å². The molecule has 6 aromatic carbocycles. The Balaban J connectivity index is 1.11. The predicted molar refractivity (Wildman–Crippen MR) is 209 cm³/mol. The molecule has 2 nitrogen and oxygen atoms in total. The molecule has 10 rings (SSSR count). The lowest BCUT2D eigenvalue weighted by Crippen LogP contribution is -2.29. The van der Waals surface area contributed by atoms with Crippen LogP contribution in [0.5, 0.6) is 0 Å². The van der Waals surface area contributed by atoms with E-state index >= 15 is 0 Å². The van der Waals surface area contributed by atoms with Crippen LogP contribution in [0.15, 0.2) is 182 Å². The molecule has 7 aromatic rings. The van der Waals surface area contributed by atoms with Crippen LogP contribution in [0.1, 0.15) is 34.2 Å². The molecule has 242 valence electrons. The highest BCUT2D eigenvalue weighted by Crippen LogP contribution is 2.64. The minimum absolute atomic E-state index is 0.368. The quantitative estimate of drug-likeness (QED) is 0.179. The van der Waals surface area contributed by atoms with E-state index in [1.54, 1.807) is 5.57 Å². The molecule has 1 saturated carbocycles. The number of nitrogens with zero attached hydrogens (tertiary/aromatic N) is 2. The average molecular weight is 653 g/mol. The van der Waals surface area contributed by atoms with Crippen LogP contribution in [-0.2, 0) is 5.41 Å². The Hall–Kier alpha value is -6.12. The van der Waals surface area contributed by atoms with E-state index in [-0.39, 0.29) is 5.41 Å². The second kappa shape index (κ2) is 11.7. The number of benzene rings is 6. The Bertz CT molecular complexity index is 2440. The van der Waals surface area contributed by atoms with Gasteiger partial charge in [-0.25, -0.2) is 9.97 Å². The summed E-state index contributed by atoms with van der Waals surface area (Å²) in [7, 11) is 0. The topological polar surface area (TPSA) is 25.8 Å². The second-order valence-corrected chi connectivity index (χ2v) is 14.1. The van der Waals surface area contributed by atoms with E-state index in [1.807, 2.05) is 24.3 Å². The standard InChI is InChI=1S/C49H36N2/c1-32-46(34-14-6-2-7-15-34)50-48(36-16-8-3-9-17-36)51-47(32)35-24-22-33(23-25-35)37-26-28-41-44(31-37)49(39-18-10-4-11-19-39,40-20-12-5-13-21-40)43-29-27-38-30-42(38)45(41)43/h2-29,31,38,42H,30H2,1H3. The van der Waals surface area contributed by atoms with E-state index in [9.17, 15) is 0 Å². The van der Waals surface area contributed by atoms with E-state index in [4.69, 9.17) is 9.97 Å². The summed E-state index contributed by atoms with van der Waals surface area (Å²) in [5.41, 5.74) is 16.7. The van der Waals surface area contributed by atoms with Gasteiger partial charge in [0.15, 0.2) is 5.82 Å². The highest BCUT2D eigenvalue weighted by molar-refractivity contribution is 5.92. The molecular formula is C49H36N2. The molecule has 2 unspecified atom stereocenters. The van der Waals surface area contributed by atoms with Crippen LogP contribution in [-0.4, -0.2) is 9.97 Å². The van der Waals surface area contributed by atoms with Crippen LogP contribution < -0.4 is 0 Å². The molecule has 51 heavy (non-hydrogen) atoms. The van der Waals surface area contributed by atoms with Crippen molar-refractivity contribution in [1.82, 2.24) is 9.97 Å². The average Bonchev–Trinajstić information content (AvgIpc) is 3.94. The molecule has 0 N–H and O–H groups in total. The Kier molecular flexibility index (Phi) is 6.86. The molecule has 0 aliphatic heterocycles. The van der Waals surface area contributed by atoms with Crippen LogP contribution in [0.3, 0.4) is 0 Å². The van der Waals surface area contributed by atoms with Gasteiger partial charge in [-0.05, 0) is 75.8 Å². The van der Waals surface area contributed by atoms with E-state index in [2.05, 4.69) is 159 Å². The second-order valence-electron chi connectivity index (χ2n) is 14.1. The van der Waals surface area contributed by atoms with Crippen molar-refractivity contribution in [2.45, 2.75) is 18.8 Å². The molecule has 1 fully saturated rings. The van der Waals surface area contributed by atoms with Crippen molar-refractivity contribution >= 4 is 5.57 Å². The van der Waals surface area contributed by atoms with Gasteiger partial charge >= 0.3 is 0 Å². The summed E-state index contributed by atoms with van der Waals surface area (Å²) in [6, 6.07) is 59.2. The maximum absolute atomic E-state index is 5.16. The molecule has 3 aliphatic carbocycles. The Labute approximate surface area is 299 Å². The van der Waals surface area contributed by atoms with Gasteiger partial charge in [-0.3, -0.25) is 0 Å². The molecular weight excluding hydrogens is 617 g/mol. The molecule has 0 amide bonds. The zero-order chi connectivity index (χ0) is 33.9. The van der Waals surface area contributed by atoms with Crippen molar-refractivity contribution in [2.75, 3.05) is 0 Å². The van der Waals surface area contributed by atoms with Crippen LogP contribution >= 0.6 is 0 Å². The van der Waals surface area contributed by atoms with Crippen LogP contribution in [0.4, 0.5) is 0 Å². The SMILES string of the molecule is Cc1c(-c2ccccc2)nc(-c2ccccc2)nc1-c1ccc(-c2ccc3c(c2)C(c2ccccc2)(c2ccccc2)C2=C3C3CC3C=C2)cc1. The molecule has 0 bridgehead atoms. The van der Waals surface area contributed by atoms with Crippen molar-refractivity contribution in [3.05, 3.63) is 209 Å². The largest absolute Gasteiger partial charge is 0.228 e. The van der Waals surface area contributed by atoms with Crippen LogP contribution in [0.2, 0.25) is 0 Å². The predicted octanol–water partition coefficient (Wildman–Crippen LogP) is 11.8. The number of hydrogen-bond acceptors (Lipinski definition) is 2. The van der Waals surface area contributed by atoms with Gasteiger partial charge in [0.05, 0.1) is 16.8 Å². The Morgan fingerprint density at radius 2 is 1.04 bits per heavy atom. The molecule has 0 spiro atoms. The molecule has 2 heteroatoms. The number of rotatable bonds is 6. The number of fused-ring (bicyclic) bond motifs is 4. The lowest BCUT2D eigenvalue weighted by atomic mass is 9.66. The van der Waals surface area contributed by atoms with Crippen LogP contribution in [0, 0.1) is 18.8 Å². The number of hydrogen-bond donors (Lipinski definition) is 0. The van der Waals surface area contributed by atoms with Gasteiger partial charge in [-0.15, -0.1) is 0 Å². The minimum atomic E-state index is -0.368. The van der Waals surface area contributed by atoms with Gasteiger partial charge < -0.3 is 0 Å². The molecule has 1 heterocycles. The van der Waals surface area contributed by atoms with Crippen molar-refractivity contribution in [1.29, 1.82) is 0 Å². The third-order valence-corrected chi connectivity index (χ3v) is 11.3. The molecule has 1 aromatic heterocycles. The third-order valence-electron chi connectivity index (χ3n) is 11.3. The normalized spacial score (nSPS) is 17.8. The van der Waals surface area contributed by atoms with Gasteiger partial charge in [0.1, 0.15) is 0 Å².